The number of benzene rings is 1. The number of carbonyl (C=O) groups excluding carboxylic acids is 6. The quantitative estimate of drug-likeness (QED) is 0.121. The zero-order valence-corrected chi connectivity index (χ0v) is 34.7. The van der Waals surface area contributed by atoms with Crippen LogP contribution in [0.2, 0.25) is 0 Å². The summed E-state index contributed by atoms with van der Waals surface area (Å²) in [5.74, 6) is 9.60. The molecular weight excluding hydrogens is 725 g/mol. The third-order valence-corrected chi connectivity index (χ3v) is 11.1. The van der Waals surface area contributed by atoms with Crippen molar-refractivity contribution < 1.29 is 28.8 Å². The lowest BCUT2D eigenvalue weighted by Crippen LogP contribution is -2.59. The number of rotatable bonds is 14. The molecule has 0 aromatic heterocycles. The lowest BCUT2D eigenvalue weighted by molar-refractivity contribution is -0.144. The van der Waals surface area contributed by atoms with E-state index in [4.69, 9.17) is 0 Å². The highest BCUT2D eigenvalue weighted by Crippen LogP contribution is 2.31. The monoisotopic (exact) mass is 786 g/mol. The molecule has 2 fully saturated rings. The van der Waals surface area contributed by atoms with Gasteiger partial charge in [-0.1, -0.05) is 56.9 Å². The topological polar surface area (TPSA) is 181 Å². The van der Waals surface area contributed by atoms with E-state index < -0.39 is 41.7 Å². The first-order chi connectivity index (χ1) is 27.2. The van der Waals surface area contributed by atoms with Gasteiger partial charge < -0.3 is 41.7 Å². The molecule has 1 aromatic rings. The first-order valence-electron chi connectivity index (χ1n) is 20.4. The van der Waals surface area contributed by atoms with Crippen molar-refractivity contribution in [3.8, 4) is 23.7 Å². The number of hydrogen-bond acceptors (Lipinski definition) is 8. The van der Waals surface area contributed by atoms with Gasteiger partial charge in [-0.05, 0) is 101 Å². The van der Waals surface area contributed by atoms with Crippen LogP contribution in [0.4, 0.5) is 0 Å². The van der Waals surface area contributed by atoms with Crippen LogP contribution < -0.4 is 31.9 Å². The second kappa shape index (κ2) is 21.0. The molecule has 14 heteroatoms. The Balaban J connectivity index is 1.33. The van der Waals surface area contributed by atoms with Gasteiger partial charge in [0.25, 0.3) is 0 Å². The van der Waals surface area contributed by atoms with Crippen molar-refractivity contribution in [1.82, 2.24) is 41.7 Å². The van der Waals surface area contributed by atoms with E-state index in [0.717, 1.165) is 24.8 Å². The molecular formula is C43H62N8O6. The number of hydrogen-bond donors (Lipinski definition) is 6. The molecule has 1 aromatic carbocycles. The third-order valence-electron chi connectivity index (χ3n) is 11.1. The summed E-state index contributed by atoms with van der Waals surface area (Å²) in [6.07, 6.45) is 5.51. The van der Waals surface area contributed by atoms with Crippen LogP contribution in [0.1, 0.15) is 103 Å². The number of likely N-dealkylation sites (tertiary alicyclic amines) is 2. The van der Waals surface area contributed by atoms with Gasteiger partial charge in [0.2, 0.25) is 35.4 Å². The highest BCUT2D eigenvalue weighted by Gasteiger charge is 2.42. The Morgan fingerprint density at radius 1 is 0.772 bits per heavy atom. The Morgan fingerprint density at radius 3 is 2.02 bits per heavy atom. The van der Waals surface area contributed by atoms with Crippen molar-refractivity contribution in [2.45, 2.75) is 135 Å². The Kier molecular flexibility index (Phi) is 16.5. The number of amides is 6. The zero-order valence-electron chi connectivity index (χ0n) is 34.7. The predicted molar refractivity (Wildman–Crippen MR) is 218 cm³/mol. The maximum absolute atomic E-state index is 13.9. The van der Waals surface area contributed by atoms with E-state index in [1.54, 1.807) is 37.7 Å². The maximum Gasteiger partial charge on any atom is 0.246 e. The number of fused-ring (bicyclic) bond motifs is 1. The van der Waals surface area contributed by atoms with Gasteiger partial charge in [0, 0.05) is 32.5 Å². The van der Waals surface area contributed by atoms with Gasteiger partial charge in [0.05, 0.1) is 18.1 Å². The summed E-state index contributed by atoms with van der Waals surface area (Å²) in [4.78, 5) is 83.1. The van der Waals surface area contributed by atoms with Gasteiger partial charge in [0.1, 0.15) is 24.2 Å². The molecule has 2 saturated heterocycles. The molecule has 2 heterocycles. The Bertz CT molecular complexity index is 1750. The van der Waals surface area contributed by atoms with Crippen LogP contribution in [0.15, 0.2) is 24.3 Å². The number of likely N-dealkylation sites (N-methyl/N-ethyl adjacent to an activating group) is 2. The van der Waals surface area contributed by atoms with Crippen LogP contribution in [0, 0.1) is 29.1 Å². The highest BCUT2D eigenvalue weighted by molar-refractivity contribution is 5.95. The first-order valence-corrected chi connectivity index (χ1v) is 20.4. The van der Waals surface area contributed by atoms with Crippen LogP contribution >= 0.6 is 0 Å². The minimum atomic E-state index is -0.972. The predicted octanol–water partition coefficient (Wildman–Crippen LogP) is 1.30. The first kappa shape index (κ1) is 44.8. The Hall–Kier alpha value is -4.92. The normalized spacial score (nSPS) is 20.9. The molecule has 3 aliphatic rings. The van der Waals surface area contributed by atoms with Crippen LogP contribution in [-0.2, 0) is 35.2 Å². The van der Waals surface area contributed by atoms with Crippen LogP contribution in [-0.4, -0.2) is 115 Å². The van der Waals surface area contributed by atoms with Gasteiger partial charge in [-0.25, -0.2) is 0 Å². The Morgan fingerprint density at radius 2 is 1.37 bits per heavy atom. The lowest BCUT2D eigenvalue weighted by Gasteiger charge is -2.36. The van der Waals surface area contributed by atoms with Crippen molar-refractivity contribution in [3.05, 3.63) is 35.4 Å². The SMILES string of the molecule is CN[C@@H](C)C(=O)N[C@@H](CC#CC#CCCNC(=O)[C@@H]1CCCN1C(=O)[C@@H](NC(=O)[C@H](C)NC)C(C)(C)C)C(=O)N1CCC[C@H]1C(=O)N[C@@H]1CCCc2ccccc21. The molecule has 0 radical (unpaired) electrons. The molecule has 0 bridgehead atoms. The zero-order chi connectivity index (χ0) is 41.7. The minimum absolute atomic E-state index is 0.00267. The average molecular weight is 787 g/mol. The summed E-state index contributed by atoms with van der Waals surface area (Å²) in [5.41, 5.74) is 1.79. The summed E-state index contributed by atoms with van der Waals surface area (Å²) in [5, 5.41) is 17.5. The summed E-state index contributed by atoms with van der Waals surface area (Å²) < 4.78 is 0. The molecule has 4 rings (SSSR count). The van der Waals surface area contributed by atoms with E-state index in [0.29, 0.717) is 45.2 Å². The van der Waals surface area contributed by atoms with Crippen molar-refractivity contribution in [3.63, 3.8) is 0 Å². The van der Waals surface area contributed by atoms with Gasteiger partial charge in [-0.2, -0.15) is 0 Å². The van der Waals surface area contributed by atoms with Gasteiger partial charge in [0.15, 0.2) is 0 Å². The molecule has 310 valence electrons. The molecule has 7 atom stereocenters. The number of aryl methyl sites for hydroxylation is 1. The summed E-state index contributed by atoms with van der Waals surface area (Å²) in [7, 11) is 3.33. The number of nitrogens with one attached hydrogen (secondary N) is 6. The minimum Gasteiger partial charge on any atom is -0.353 e. The van der Waals surface area contributed by atoms with Gasteiger partial charge in [-0.3, -0.25) is 28.8 Å². The summed E-state index contributed by atoms with van der Waals surface area (Å²) in [6, 6.07) is 3.96. The molecule has 0 saturated carbocycles. The molecule has 0 unspecified atom stereocenters. The van der Waals surface area contributed by atoms with Crippen LogP contribution in [0.5, 0.6) is 0 Å². The van der Waals surface area contributed by atoms with E-state index in [-0.39, 0.29) is 54.5 Å². The fraction of sp³-hybridized carbons (Fsp3) is 0.628. The Labute approximate surface area is 338 Å². The van der Waals surface area contributed by atoms with Crippen molar-refractivity contribution in [2.24, 2.45) is 5.41 Å². The third kappa shape index (κ3) is 12.0. The maximum atomic E-state index is 13.9. The van der Waals surface area contributed by atoms with Crippen molar-refractivity contribution in [1.29, 1.82) is 0 Å². The molecule has 0 spiro atoms. The van der Waals surface area contributed by atoms with E-state index in [2.05, 4.69) is 67.7 Å². The van der Waals surface area contributed by atoms with Gasteiger partial charge in [-0.15, -0.1) is 0 Å². The summed E-state index contributed by atoms with van der Waals surface area (Å²) in [6.45, 7) is 10.1. The molecule has 57 heavy (non-hydrogen) atoms. The van der Waals surface area contributed by atoms with Crippen LogP contribution in [0.3, 0.4) is 0 Å². The van der Waals surface area contributed by atoms with E-state index in [1.807, 2.05) is 32.9 Å². The summed E-state index contributed by atoms with van der Waals surface area (Å²) >= 11 is 0. The standard InChI is InChI=1S/C43H62N8O6/c1-28(44-6)37(52)48-33(41(56)50-26-17-24-35(50)40(55)47-32-22-15-19-30-18-12-13-20-31(30)32)21-11-9-8-10-14-25-46-39(54)34-23-16-27-51(34)42(57)36(43(3,4)5)49-38(53)29(2)45-7/h12-13,18,20,28-29,32-36,44-45H,14-17,19,21-27H2,1-7H3,(H,46,54)(H,47,55)(H,48,52)(H,49,53)/t28-,29-,32+,33-,34-,35-,36+/m0/s1. The van der Waals surface area contributed by atoms with E-state index >= 15 is 0 Å². The van der Waals surface area contributed by atoms with Gasteiger partial charge >= 0.3 is 0 Å². The molecule has 6 amide bonds. The smallest absolute Gasteiger partial charge is 0.246 e. The molecule has 14 nitrogen and oxygen atoms in total. The van der Waals surface area contributed by atoms with E-state index in [1.165, 1.54) is 5.56 Å². The van der Waals surface area contributed by atoms with Crippen molar-refractivity contribution in [2.75, 3.05) is 33.7 Å². The fourth-order valence-corrected chi connectivity index (χ4v) is 7.49. The van der Waals surface area contributed by atoms with Crippen molar-refractivity contribution >= 4 is 35.4 Å². The number of carbonyl (C=O) groups is 6. The molecule has 1 aliphatic carbocycles. The van der Waals surface area contributed by atoms with Crippen LogP contribution in [0.25, 0.3) is 0 Å². The van der Waals surface area contributed by atoms with E-state index in [9.17, 15) is 28.8 Å². The average Bonchev–Trinajstić information content (AvgIpc) is 3.90. The lowest BCUT2D eigenvalue weighted by atomic mass is 9.85. The largest absolute Gasteiger partial charge is 0.353 e. The fourth-order valence-electron chi connectivity index (χ4n) is 7.49. The highest BCUT2D eigenvalue weighted by atomic mass is 16.2. The molecule has 2 aliphatic heterocycles. The second-order valence-electron chi connectivity index (χ2n) is 16.3. The molecule has 6 N–H and O–H groups in total. The number of nitrogens with zero attached hydrogens (tertiary/aromatic N) is 2. The second-order valence-corrected chi connectivity index (χ2v) is 16.3.